The molecule has 1 N–H and O–H groups in total. The fourth-order valence-corrected chi connectivity index (χ4v) is 2.40. The molecule has 92 valence electrons. The van der Waals surface area contributed by atoms with Crippen LogP contribution in [-0.2, 0) is 11.2 Å². The van der Waals surface area contributed by atoms with Gasteiger partial charge >= 0.3 is 0 Å². The quantitative estimate of drug-likeness (QED) is 0.871. The number of hydrogen-bond donors (Lipinski definition) is 1. The van der Waals surface area contributed by atoms with Gasteiger partial charge in [0.15, 0.2) is 0 Å². The zero-order valence-electron chi connectivity index (χ0n) is 10.1. The van der Waals surface area contributed by atoms with Crippen molar-refractivity contribution in [1.82, 2.24) is 5.32 Å². The van der Waals surface area contributed by atoms with Crippen molar-refractivity contribution in [2.75, 3.05) is 6.54 Å². The summed E-state index contributed by atoms with van der Waals surface area (Å²) in [6.45, 7) is 2.97. The number of carbonyl (C=O) groups excluding carboxylic acids is 1. The van der Waals surface area contributed by atoms with Crippen LogP contribution in [0.25, 0.3) is 0 Å². The number of hydrogen-bond acceptors (Lipinski definition) is 2. The molecule has 1 fully saturated rings. The van der Waals surface area contributed by atoms with Gasteiger partial charge in [0.2, 0.25) is 0 Å². The standard InChI is InChI=1S/C14H18FNO/c1-10-8-12(6-7-16-10)14(17)9-11-4-2-3-5-13(11)15/h2-5,10,12,16H,6-9H2,1H3. The van der Waals surface area contributed by atoms with Gasteiger partial charge in [0.25, 0.3) is 0 Å². The molecule has 0 radical (unpaired) electrons. The van der Waals surface area contributed by atoms with Gasteiger partial charge in [-0.3, -0.25) is 4.79 Å². The van der Waals surface area contributed by atoms with E-state index in [0.29, 0.717) is 11.6 Å². The molecule has 3 heteroatoms. The molecule has 0 aromatic heterocycles. The fraction of sp³-hybridized carbons (Fsp3) is 0.500. The molecule has 0 amide bonds. The Kier molecular flexibility index (Phi) is 3.89. The molecular weight excluding hydrogens is 217 g/mol. The van der Waals surface area contributed by atoms with E-state index in [1.807, 2.05) is 0 Å². The normalized spacial score (nSPS) is 24.6. The highest BCUT2D eigenvalue weighted by atomic mass is 19.1. The van der Waals surface area contributed by atoms with E-state index in [9.17, 15) is 9.18 Å². The van der Waals surface area contributed by atoms with E-state index < -0.39 is 0 Å². The van der Waals surface area contributed by atoms with Gasteiger partial charge in [-0.2, -0.15) is 0 Å². The minimum absolute atomic E-state index is 0.0888. The van der Waals surface area contributed by atoms with E-state index in [0.717, 1.165) is 19.4 Å². The number of benzene rings is 1. The van der Waals surface area contributed by atoms with Crippen molar-refractivity contribution in [2.24, 2.45) is 5.92 Å². The molecule has 1 aliphatic heterocycles. The van der Waals surface area contributed by atoms with E-state index in [2.05, 4.69) is 12.2 Å². The molecule has 2 unspecified atom stereocenters. The van der Waals surface area contributed by atoms with Crippen LogP contribution in [0.2, 0.25) is 0 Å². The predicted molar refractivity (Wildman–Crippen MR) is 65.3 cm³/mol. The first-order valence-electron chi connectivity index (χ1n) is 6.16. The van der Waals surface area contributed by atoms with E-state index in [1.54, 1.807) is 18.2 Å². The van der Waals surface area contributed by atoms with Crippen LogP contribution in [0.5, 0.6) is 0 Å². The van der Waals surface area contributed by atoms with Gasteiger partial charge < -0.3 is 5.32 Å². The molecule has 1 aliphatic rings. The van der Waals surface area contributed by atoms with Crippen LogP contribution in [0.3, 0.4) is 0 Å². The Morgan fingerprint density at radius 3 is 2.94 bits per heavy atom. The van der Waals surface area contributed by atoms with Gasteiger partial charge in [0, 0.05) is 18.4 Å². The summed E-state index contributed by atoms with van der Waals surface area (Å²) in [4.78, 5) is 12.1. The van der Waals surface area contributed by atoms with Crippen molar-refractivity contribution in [1.29, 1.82) is 0 Å². The number of Topliss-reactive ketones (excluding diaryl/α,β-unsaturated/α-hetero) is 1. The second-order valence-corrected chi connectivity index (χ2v) is 4.81. The average molecular weight is 235 g/mol. The molecule has 2 nitrogen and oxygen atoms in total. The van der Waals surface area contributed by atoms with Crippen molar-refractivity contribution in [3.63, 3.8) is 0 Å². The Labute approximate surface area is 101 Å². The number of nitrogens with one attached hydrogen (secondary N) is 1. The Morgan fingerprint density at radius 2 is 2.24 bits per heavy atom. The van der Waals surface area contributed by atoms with Gasteiger partial charge in [0.05, 0.1) is 0 Å². The summed E-state index contributed by atoms with van der Waals surface area (Å²) in [5, 5.41) is 3.32. The number of halogens is 1. The molecule has 2 rings (SSSR count). The van der Waals surface area contributed by atoms with Crippen molar-refractivity contribution in [3.05, 3.63) is 35.6 Å². The van der Waals surface area contributed by atoms with E-state index in [1.165, 1.54) is 6.07 Å². The second-order valence-electron chi connectivity index (χ2n) is 4.81. The molecular formula is C14H18FNO. The van der Waals surface area contributed by atoms with Crippen molar-refractivity contribution in [2.45, 2.75) is 32.2 Å². The van der Waals surface area contributed by atoms with Crippen LogP contribution in [0, 0.1) is 11.7 Å². The number of piperidine rings is 1. The third kappa shape index (κ3) is 3.13. The molecule has 17 heavy (non-hydrogen) atoms. The van der Waals surface area contributed by atoms with E-state index >= 15 is 0 Å². The summed E-state index contributed by atoms with van der Waals surface area (Å²) in [6.07, 6.45) is 1.97. The Balaban J connectivity index is 1.99. The zero-order chi connectivity index (χ0) is 12.3. The maximum Gasteiger partial charge on any atom is 0.140 e. The third-order valence-electron chi connectivity index (χ3n) is 3.40. The summed E-state index contributed by atoms with van der Waals surface area (Å²) in [5.74, 6) is -0.0165. The van der Waals surface area contributed by atoms with Crippen molar-refractivity contribution >= 4 is 5.78 Å². The minimum atomic E-state index is -0.275. The molecule has 0 aliphatic carbocycles. The number of carbonyl (C=O) groups is 1. The topological polar surface area (TPSA) is 29.1 Å². The molecule has 0 saturated carbocycles. The number of rotatable bonds is 3. The largest absolute Gasteiger partial charge is 0.314 e. The van der Waals surface area contributed by atoms with Gasteiger partial charge in [0.1, 0.15) is 11.6 Å². The Morgan fingerprint density at radius 1 is 1.47 bits per heavy atom. The molecule has 1 saturated heterocycles. The van der Waals surface area contributed by atoms with Gasteiger partial charge in [-0.1, -0.05) is 18.2 Å². The van der Waals surface area contributed by atoms with Crippen LogP contribution in [0.4, 0.5) is 4.39 Å². The lowest BCUT2D eigenvalue weighted by Crippen LogP contribution is -2.38. The minimum Gasteiger partial charge on any atom is -0.314 e. The van der Waals surface area contributed by atoms with Crippen LogP contribution >= 0.6 is 0 Å². The summed E-state index contributed by atoms with van der Waals surface area (Å²) in [7, 11) is 0. The fourth-order valence-electron chi connectivity index (χ4n) is 2.40. The first kappa shape index (κ1) is 12.2. The van der Waals surface area contributed by atoms with Crippen molar-refractivity contribution < 1.29 is 9.18 Å². The van der Waals surface area contributed by atoms with Gasteiger partial charge in [-0.15, -0.1) is 0 Å². The molecule has 0 bridgehead atoms. The second kappa shape index (κ2) is 5.41. The van der Waals surface area contributed by atoms with E-state index in [-0.39, 0.29) is 23.9 Å². The highest BCUT2D eigenvalue weighted by molar-refractivity contribution is 5.83. The maximum absolute atomic E-state index is 13.4. The zero-order valence-corrected chi connectivity index (χ0v) is 10.1. The average Bonchev–Trinajstić information content (AvgIpc) is 2.32. The SMILES string of the molecule is CC1CC(C(=O)Cc2ccccc2F)CCN1. The highest BCUT2D eigenvalue weighted by Gasteiger charge is 2.24. The van der Waals surface area contributed by atoms with Crippen molar-refractivity contribution in [3.8, 4) is 0 Å². The van der Waals surface area contributed by atoms with Crippen LogP contribution in [0.1, 0.15) is 25.3 Å². The Hall–Kier alpha value is -1.22. The summed E-state index contributed by atoms with van der Waals surface area (Å²) in [6, 6.07) is 6.91. The predicted octanol–water partition coefficient (Wildman–Crippen LogP) is 2.33. The van der Waals surface area contributed by atoms with Gasteiger partial charge in [-0.25, -0.2) is 4.39 Å². The lowest BCUT2D eigenvalue weighted by Gasteiger charge is -2.27. The lowest BCUT2D eigenvalue weighted by molar-refractivity contribution is -0.123. The smallest absolute Gasteiger partial charge is 0.140 e. The third-order valence-corrected chi connectivity index (χ3v) is 3.40. The van der Waals surface area contributed by atoms with Crippen LogP contribution < -0.4 is 5.32 Å². The summed E-state index contributed by atoms with van der Waals surface area (Å²) in [5.41, 5.74) is 0.517. The van der Waals surface area contributed by atoms with Gasteiger partial charge in [-0.05, 0) is 37.9 Å². The number of ketones is 1. The summed E-state index contributed by atoms with van der Waals surface area (Å²) < 4.78 is 13.4. The first-order chi connectivity index (χ1) is 8.16. The summed E-state index contributed by atoms with van der Waals surface area (Å²) >= 11 is 0. The van der Waals surface area contributed by atoms with Crippen LogP contribution in [0.15, 0.2) is 24.3 Å². The van der Waals surface area contributed by atoms with E-state index in [4.69, 9.17) is 0 Å². The molecule has 2 atom stereocenters. The molecule has 1 heterocycles. The monoisotopic (exact) mass is 235 g/mol. The molecule has 0 spiro atoms. The lowest BCUT2D eigenvalue weighted by atomic mass is 9.87. The molecule has 1 aromatic carbocycles. The highest BCUT2D eigenvalue weighted by Crippen LogP contribution is 2.19. The van der Waals surface area contributed by atoms with Crippen LogP contribution in [-0.4, -0.2) is 18.4 Å². The maximum atomic E-state index is 13.4. The first-order valence-corrected chi connectivity index (χ1v) is 6.16. The Bertz CT molecular complexity index is 405. The molecule has 1 aromatic rings.